The third-order valence-corrected chi connectivity index (χ3v) is 18.3. The molecule has 8 aliphatic rings. The zero-order valence-corrected chi connectivity index (χ0v) is 43.7. The van der Waals surface area contributed by atoms with Crippen molar-refractivity contribution in [2.24, 2.45) is 57.0 Å². The number of rotatable bonds is 17. The molecule has 4 aliphatic heterocycles. The molecule has 5 amide bonds. The molecule has 0 unspecified atom stereocenters. The predicted octanol–water partition coefficient (Wildman–Crippen LogP) is 10.0. The van der Waals surface area contributed by atoms with E-state index in [1.807, 2.05) is 4.90 Å². The lowest BCUT2D eigenvalue weighted by atomic mass is 9.75. The van der Waals surface area contributed by atoms with Gasteiger partial charge in [-0.3, -0.25) is 24.2 Å². The third kappa shape index (κ3) is 13.1. The first-order valence-corrected chi connectivity index (χ1v) is 28.5. The third-order valence-electron chi connectivity index (χ3n) is 18.3. The van der Waals surface area contributed by atoms with Crippen molar-refractivity contribution in [2.45, 2.75) is 224 Å². The Morgan fingerprint density at radius 1 is 0.629 bits per heavy atom. The van der Waals surface area contributed by atoms with E-state index in [0.29, 0.717) is 61.0 Å². The molecule has 2 saturated heterocycles. The van der Waals surface area contributed by atoms with E-state index in [1.165, 1.54) is 122 Å². The molecule has 4 atom stereocenters. The molecule has 4 heterocycles. The van der Waals surface area contributed by atoms with Crippen molar-refractivity contribution in [3.8, 4) is 0 Å². The summed E-state index contributed by atoms with van der Waals surface area (Å²) in [4.78, 5) is 69.7. The number of hydrogen-bond donors (Lipinski definition) is 3. The number of likely N-dealkylation sites (N-methyl/N-ethyl adjacent to an activating group) is 1. The van der Waals surface area contributed by atoms with E-state index in [-0.39, 0.29) is 23.9 Å². The Labute approximate surface area is 421 Å². The quantitative estimate of drug-likeness (QED) is 0.140. The van der Waals surface area contributed by atoms with Crippen molar-refractivity contribution in [3.05, 3.63) is 35.4 Å². The van der Waals surface area contributed by atoms with Crippen molar-refractivity contribution < 1.29 is 19.2 Å². The number of hydrogen-bond acceptors (Lipinski definition) is 8. The fraction of sp³-hybridized carbons (Fsp3) is 0.789. The molecular formula is C57H91N9O4. The molecule has 5 N–H and O–H groups in total. The smallest absolute Gasteiger partial charge is 0.318 e. The van der Waals surface area contributed by atoms with E-state index in [1.54, 1.807) is 16.8 Å². The summed E-state index contributed by atoms with van der Waals surface area (Å²) < 4.78 is 0. The van der Waals surface area contributed by atoms with Crippen LogP contribution in [0.4, 0.5) is 4.79 Å². The van der Waals surface area contributed by atoms with Crippen LogP contribution in [0.2, 0.25) is 0 Å². The molecule has 0 aromatic heterocycles. The summed E-state index contributed by atoms with van der Waals surface area (Å²) in [7, 11) is 1.75. The van der Waals surface area contributed by atoms with Gasteiger partial charge in [0.15, 0.2) is 11.9 Å². The summed E-state index contributed by atoms with van der Waals surface area (Å²) in [5, 5.41) is 3.08. The standard InChI is InChI=1S/C32H49N5O2.C25H42N4O2/c1-23(2)28-22-36(31(39)34-28)20-26-13-15-27(16-14-26)21-37-29(38)32(35-30(37)33,19-25-11-7-4-8-12-25)18-17-24-9-5-3-6-10-24;1-28-23(31)25(27-24(28)26,14-13-19-8-3-2-4-9-19)17-21-12-7-15-29(18-21)22(30)16-20-10-5-6-11-20/h13-16,23-25,28H,3-12,17-22H2,1-2H3,(H2,33,35)(H,34,39);19-21H,2-18H2,1H3,(H2,26,27)/t28-,32-;21-,25+/m11/s1. The number of nitrogens with two attached hydrogens (primary N) is 2. The Hall–Kier alpha value is -4.16. The highest BCUT2D eigenvalue weighted by molar-refractivity contribution is 6.07. The van der Waals surface area contributed by atoms with Gasteiger partial charge in [-0.15, -0.1) is 0 Å². The number of nitrogens with zero attached hydrogens (tertiary/aromatic N) is 6. The minimum Gasteiger partial charge on any atom is -0.369 e. The van der Waals surface area contributed by atoms with Gasteiger partial charge < -0.3 is 26.6 Å². The maximum atomic E-state index is 14.1. The molecule has 13 heteroatoms. The summed E-state index contributed by atoms with van der Waals surface area (Å²) in [6, 6.07) is 8.47. The van der Waals surface area contributed by atoms with Crippen LogP contribution in [0.25, 0.3) is 0 Å². The minimum absolute atomic E-state index is 0.00644. The molecule has 6 fully saturated rings. The summed E-state index contributed by atoms with van der Waals surface area (Å²) in [6.45, 7) is 7.70. The number of nitrogens with one attached hydrogen (secondary N) is 1. The molecule has 4 saturated carbocycles. The van der Waals surface area contributed by atoms with Crippen molar-refractivity contribution >= 4 is 35.7 Å². The van der Waals surface area contributed by atoms with E-state index in [2.05, 4.69) is 48.3 Å². The monoisotopic (exact) mass is 966 g/mol. The Morgan fingerprint density at radius 2 is 1.11 bits per heavy atom. The molecule has 0 radical (unpaired) electrons. The van der Waals surface area contributed by atoms with E-state index >= 15 is 0 Å². The molecule has 0 bridgehead atoms. The van der Waals surface area contributed by atoms with Gasteiger partial charge in [0.1, 0.15) is 11.1 Å². The topological polar surface area (TPSA) is 170 Å². The van der Waals surface area contributed by atoms with Crippen LogP contribution < -0.4 is 16.8 Å². The van der Waals surface area contributed by atoms with Gasteiger partial charge in [0.05, 0.1) is 12.6 Å². The van der Waals surface area contributed by atoms with Crippen LogP contribution in [0.5, 0.6) is 0 Å². The number of benzene rings is 1. The van der Waals surface area contributed by atoms with Crippen LogP contribution in [0, 0.1) is 35.5 Å². The van der Waals surface area contributed by atoms with Gasteiger partial charge in [-0.25, -0.2) is 14.8 Å². The number of likely N-dealkylation sites (tertiary alicyclic amines) is 1. The number of aliphatic imine (C=N–C) groups is 2. The van der Waals surface area contributed by atoms with Crippen LogP contribution in [0.1, 0.15) is 205 Å². The second-order valence-electron chi connectivity index (χ2n) is 24.0. The van der Waals surface area contributed by atoms with Gasteiger partial charge in [-0.1, -0.05) is 147 Å². The Kier molecular flexibility index (Phi) is 17.9. The first-order chi connectivity index (χ1) is 33.8. The zero-order chi connectivity index (χ0) is 49.3. The maximum absolute atomic E-state index is 14.1. The average molecular weight is 966 g/mol. The van der Waals surface area contributed by atoms with Gasteiger partial charge >= 0.3 is 6.03 Å². The molecule has 1 aromatic carbocycles. The number of urea groups is 1. The number of carbonyl (C=O) groups is 4. The number of guanidine groups is 2. The second-order valence-corrected chi connectivity index (χ2v) is 24.0. The maximum Gasteiger partial charge on any atom is 0.318 e. The lowest BCUT2D eigenvalue weighted by Crippen LogP contribution is -2.47. The van der Waals surface area contributed by atoms with Crippen molar-refractivity contribution in [2.75, 3.05) is 26.7 Å². The van der Waals surface area contributed by atoms with E-state index < -0.39 is 11.1 Å². The van der Waals surface area contributed by atoms with Gasteiger partial charge in [-0.2, -0.15) is 0 Å². The van der Waals surface area contributed by atoms with E-state index in [4.69, 9.17) is 21.5 Å². The lowest BCUT2D eigenvalue weighted by Gasteiger charge is -2.37. The van der Waals surface area contributed by atoms with Crippen LogP contribution in [0.15, 0.2) is 34.3 Å². The van der Waals surface area contributed by atoms with E-state index in [0.717, 1.165) is 94.0 Å². The first-order valence-electron chi connectivity index (χ1n) is 28.5. The molecule has 13 nitrogen and oxygen atoms in total. The molecule has 1 aromatic rings. The van der Waals surface area contributed by atoms with E-state index in [9.17, 15) is 19.2 Å². The highest BCUT2D eigenvalue weighted by atomic mass is 16.2. The predicted molar refractivity (Wildman–Crippen MR) is 279 cm³/mol. The number of piperidine rings is 1. The highest BCUT2D eigenvalue weighted by Crippen LogP contribution is 2.42. The highest BCUT2D eigenvalue weighted by Gasteiger charge is 2.50. The average Bonchev–Trinajstić information content (AvgIpc) is 4.13. The largest absolute Gasteiger partial charge is 0.369 e. The molecule has 0 spiro atoms. The molecule has 4 aliphatic carbocycles. The normalized spacial score (nSPS) is 28.7. The first kappa shape index (κ1) is 52.2. The number of amides is 5. The van der Waals surface area contributed by atoms with Gasteiger partial charge in [0.25, 0.3) is 11.8 Å². The summed E-state index contributed by atoms with van der Waals surface area (Å²) in [5.74, 6) is 4.60. The zero-order valence-electron chi connectivity index (χ0n) is 43.7. The Morgan fingerprint density at radius 3 is 1.66 bits per heavy atom. The van der Waals surface area contributed by atoms with Crippen LogP contribution >= 0.6 is 0 Å². The SMILES string of the molecule is CC(C)[C@H]1CN(Cc2ccc(CN3C(=O)[C@@](CCC4CCCCC4)(CC4CCCCC4)N=C3N)cc2)C(=O)N1.CN1C(=O)[C@](CCC2CCCCC2)(C[C@H]2CCCN(C(=O)CC3CCCC3)C2)N=C1N. The van der Waals surface area contributed by atoms with Crippen LogP contribution in [-0.2, 0) is 27.5 Å². The molecular weight excluding hydrogens is 875 g/mol. The van der Waals surface area contributed by atoms with Gasteiger partial charge in [0, 0.05) is 39.6 Å². The minimum atomic E-state index is -0.710. The molecule has 70 heavy (non-hydrogen) atoms. The fourth-order valence-electron chi connectivity index (χ4n) is 13.9. The van der Waals surface area contributed by atoms with Gasteiger partial charge in [-0.05, 0) is 111 Å². The molecule has 9 rings (SSSR count). The molecule has 388 valence electrons. The Balaban J connectivity index is 0.000000193. The Bertz CT molecular complexity index is 1980. The van der Waals surface area contributed by atoms with Crippen molar-refractivity contribution in [1.29, 1.82) is 0 Å². The van der Waals surface area contributed by atoms with Gasteiger partial charge in [0.2, 0.25) is 5.91 Å². The summed E-state index contributed by atoms with van der Waals surface area (Å²) in [5.41, 5.74) is 13.4. The number of carbonyl (C=O) groups excluding carboxylic acids is 4. The second kappa shape index (κ2) is 24.0. The van der Waals surface area contributed by atoms with Crippen LogP contribution in [0.3, 0.4) is 0 Å². The lowest BCUT2D eigenvalue weighted by molar-refractivity contribution is -0.135. The fourth-order valence-corrected chi connectivity index (χ4v) is 13.9. The van der Waals surface area contributed by atoms with Crippen LogP contribution in [-0.4, -0.2) is 99.1 Å². The van der Waals surface area contributed by atoms with Crippen molar-refractivity contribution in [1.82, 2.24) is 24.9 Å². The summed E-state index contributed by atoms with van der Waals surface area (Å²) >= 11 is 0. The summed E-state index contributed by atoms with van der Waals surface area (Å²) in [6.07, 6.45) is 32.6. The van der Waals surface area contributed by atoms with Crippen molar-refractivity contribution in [3.63, 3.8) is 0 Å².